The lowest BCUT2D eigenvalue weighted by Crippen LogP contribution is -2.29. The standard InChI is InChI=1S/C17H17N3O/c1-12-17(21)20(16-10-6-5-9-15(16)19-12)11-14(18)13-7-3-2-4-8-13/h2-10,14H,11,18H2,1H3. The van der Waals surface area contributed by atoms with Crippen molar-refractivity contribution in [2.45, 2.75) is 19.5 Å². The molecule has 1 heterocycles. The molecule has 0 radical (unpaired) electrons. The lowest BCUT2D eigenvalue weighted by atomic mass is 10.1. The molecule has 0 aliphatic heterocycles. The zero-order valence-corrected chi connectivity index (χ0v) is 11.9. The van der Waals surface area contributed by atoms with E-state index in [-0.39, 0.29) is 11.6 Å². The van der Waals surface area contributed by atoms with Gasteiger partial charge >= 0.3 is 0 Å². The fourth-order valence-corrected chi connectivity index (χ4v) is 2.50. The Morgan fingerprint density at radius 1 is 1.10 bits per heavy atom. The molecule has 0 aliphatic carbocycles. The highest BCUT2D eigenvalue weighted by Gasteiger charge is 2.12. The van der Waals surface area contributed by atoms with Crippen LogP contribution in [0.2, 0.25) is 0 Å². The lowest BCUT2D eigenvalue weighted by Gasteiger charge is -2.16. The molecule has 106 valence electrons. The van der Waals surface area contributed by atoms with E-state index in [0.29, 0.717) is 12.2 Å². The van der Waals surface area contributed by atoms with Gasteiger partial charge in [-0.3, -0.25) is 4.79 Å². The molecule has 2 N–H and O–H groups in total. The van der Waals surface area contributed by atoms with E-state index in [9.17, 15) is 4.79 Å². The Balaban J connectivity index is 2.08. The first-order valence-corrected chi connectivity index (χ1v) is 6.93. The summed E-state index contributed by atoms with van der Waals surface area (Å²) in [5, 5.41) is 0. The third-order valence-corrected chi connectivity index (χ3v) is 3.62. The summed E-state index contributed by atoms with van der Waals surface area (Å²) in [6.45, 7) is 2.17. The van der Waals surface area contributed by atoms with Crippen molar-refractivity contribution in [3.05, 3.63) is 76.2 Å². The van der Waals surface area contributed by atoms with Crippen molar-refractivity contribution < 1.29 is 0 Å². The molecule has 21 heavy (non-hydrogen) atoms. The Labute approximate surface area is 122 Å². The van der Waals surface area contributed by atoms with Crippen LogP contribution in [0.15, 0.2) is 59.4 Å². The number of hydrogen-bond acceptors (Lipinski definition) is 3. The van der Waals surface area contributed by atoms with Crippen LogP contribution >= 0.6 is 0 Å². The number of aromatic nitrogens is 2. The highest BCUT2D eigenvalue weighted by molar-refractivity contribution is 5.74. The van der Waals surface area contributed by atoms with Gasteiger partial charge in [-0.05, 0) is 24.6 Å². The molecular weight excluding hydrogens is 262 g/mol. The molecule has 0 aliphatic rings. The van der Waals surface area contributed by atoms with Gasteiger partial charge in [0.25, 0.3) is 5.56 Å². The Kier molecular flexibility index (Phi) is 3.54. The highest BCUT2D eigenvalue weighted by Crippen LogP contribution is 2.15. The van der Waals surface area contributed by atoms with Gasteiger partial charge in [-0.25, -0.2) is 4.98 Å². The predicted octanol–water partition coefficient (Wildman–Crippen LogP) is 2.40. The zero-order chi connectivity index (χ0) is 14.8. The number of benzene rings is 2. The Bertz CT molecular complexity index is 824. The minimum atomic E-state index is -0.228. The second-order valence-corrected chi connectivity index (χ2v) is 5.12. The average Bonchev–Trinajstić information content (AvgIpc) is 2.52. The Hall–Kier alpha value is -2.46. The van der Waals surface area contributed by atoms with Crippen LogP contribution in [0.25, 0.3) is 11.0 Å². The summed E-state index contributed by atoms with van der Waals surface area (Å²) in [6, 6.07) is 17.2. The number of para-hydroxylation sites is 2. The van der Waals surface area contributed by atoms with Crippen molar-refractivity contribution >= 4 is 11.0 Å². The minimum Gasteiger partial charge on any atom is -0.322 e. The van der Waals surface area contributed by atoms with Crippen LogP contribution < -0.4 is 11.3 Å². The van der Waals surface area contributed by atoms with Gasteiger partial charge < -0.3 is 10.3 Å². The van der Waals surface area contributed by atoms with Crippen molar-refractivity contribution in [2.75, 3.05) is 0 Å². The maximum atomic E-state index is 12.4. The summed E-state index contributed by atoms with van der Waals surface area (Å²) in [4.78, 5) is 16.7. The van der Waals surface area contributed by atoms with Crippen molar-refractivity contribution in [1.29, 1.82) is 0 Å². The summed E-state index contributed by atoms with van der Waals surface area (Å²) >= 11 is 0. The molecule has 0 saturated carbocycles. The molecule has 4 nitrogen and oxygen atoms in total. The Morgan fingerprint density at radius 3 is 2.52 bits per heavy atom. The maximum absolute atomic E-state index is 12.4. The fraction of sp³-hybridized carbons (Fsp3) is 0.176. The molecule has 1 aromatic heterocycles. The summed E-state index contributed by atoms with van der Waals surface area (Å²) < 4.78 is 1.72. The van der Waals surface area contributed by atoms with E-state index >= 15 is 0 Å². The summed E-state index contributed by atoms with van der Waals surface area (Å²) in [6.07, 6.45) is 0. The van der Waals surface area contributed by atoms with Gasteiger partial charge in [-0.15, -0.1) is 0 Å². The van der Waals surface area contributed by atoms with E-state index in [1.807, 2.05) is 54.6 Å². The van der Waals surface area contributed by atoms with E-state index < -0.39 is 0 Å². The zero-order valence-electron chi connectivity index (χ0n) is 11.9. The summed E-state index contributed by atoms with van der Waals surface area (Å²) in [7, 11) is 0. The van der Waals surface area contributed by atoms with Gasteiger partial charge in [-0.2, -0.15) is 0 Å². The maximum Gasteiger partial charge on any atom is 0.272 e. The first-order chi connectivity index (χ1) is 10.2. The van der Waals surface area contributed by atoms with Crippen LogP contribution in [0.4, 0.5) is 0 Å². The van der Waals surface area contributed by atoms with Gasteiger partial charge in [0.2, 0.25) is 0 Å². The molecule has 0 spiro atoms. The molecule has 0 fully saturated rings. The topological polar surface area (TPSA) is 60.9 Å². The number of aryl methyl sites for hydroxylation is 1. The van der Waals surface area contributed by atoms with Crippen molar-refractivity contribution in [3.8, 4) is 0 Å². The van der Waals surface area contributed by atoms with Crippen LogP contribution in [0.3, 0.4) is 0 Å². The van der Waals surface area contributed by atoms with Crippen molar-refractivity contribution in [3.63, 3.8) is 0 Å². The van der Waals surface area contributed by atoms with E-state index in [2.05, 4.69) is 4.98 Å². The van der Waals surface area contributed by atoms with Crippen molar-refractivity contribution in [2.24, 2.45) is 5.73 Å². The van der Waals surface area contributed by atoms with E-state index in [4.69, 9.17) is 5.73 Å². The molecule has 1 unspecified atom stereocenters. The second-order valence-electron chi connectivity index (χ2n) is 5.12. The van der Waals surface area contributed by atoms with Crippen LogP contribution in [-0.4, -0.2) is 9.55 Å². The third-order valence-electron chi connectivity index (χ3n) is 3.62. The van der Waals surface area contributed by atoms with Crippen LogP contribution in [0.1, 0.15) is 17.3 Å². The smallest absolute Gasteiger partial charge is 0.272 e. The molecule has 0 amide bonds. The van der Waals surface area contributed by atoms with Crippen LogP contribution in [0, 0.1) is 6.92 Å². The fourth-order valence-electron chi connectivity index (χ4n) is 2.50. The van der Waals surface area contributed by atoms with E-state index in [1.165, 1.54) is 0 Å². The van der Waals surface area contributed by atoms with Gasteiger partial charge in [0.05, 0.1) is 11.0 Å². The molecule has 2 aromatic carbocycles. The average molecular weight is 279 g/mol. The minimum absolute atomic E-state index is 0.0833. The van der Waals surface area contributed by atoms with E-state index in [0.717, 1.165) is 16.6 Å². The van der Waals surface area contributed by atoms with E-state index in [1.54, 1.807) is 11.5 Å². The molecule has 4 heteroatoms. The Morgan fingerprint density at radius 2 is 1.76 bits per heavy atom. The molecule has 1 atom stereocenters. The first kappa shape index (κ1) is 13.5. The third kappa shape index (κ3) is 2.58. The SMILES string of the molecule is Cc1nc2ccccc2n(CC(N)c2ccccc2)c1=O. The number of nitrogens with two attached hydrogens (primary N) is 1. The lowest BCUT2D eigenvalue weighted by molar-refractivity contribution is 0.573. The molecule has 3 rings (SSSR count). The van der Waals surface area contributed by atoms with Gasteiger partial charge in [0, 0.05) is 12.6 Å². The van der Waals surface area contributed by atoms with Gasteiger partial charge in [0.1, 0.15) is 5.69 Å². The monoisotopic (exact) mass is 279 g/mol. The number of rotatable bonds is 3. The first-order valence-electron chi connectivity index (χ1n) is 6.93. The number of fused-ring (bicyclic) bond motifs is 1. The number of nitrogens with zero attached hydrogens (tertiary/aromatic N) is 2. The normalized spacial score (nSPS) is 12.5. The highest BCUT2D eigenvalue weighted by atomic mass is 16.1. The molecular formula is C17H17N3O. The van der Waals surface area contributed by atoms with Crippen LogP contribution in [-0.2, 0) is 6.54 Å². The van der Waals surface area contributed by atoms with Crippen molar-refractivity contribution in [1.82, 2.24) is 9.55 Å². The van der Waals surface area contributed by atoms with Gasteiger partial charge in [-0.1, -0.05) is 42.5 Å². The molecule has 0 saturated heterocycles. The van der Waals surface area contributed by atoms with Gasteiger partial charge in [0.15, 0.2) is 0 Å². The van der Waals surface area contributed by atoms with Crippen LogP contribution in [0.5, 0.6) is 0 Å². The molecule has 3 aromatic rings. The molecule has 0 bridgehead atoms. The largest absolute Gasteiger partial charge is 0.322 e. The second kappa shape index (κ2) is 5.50. The summed E-state index contributed by atoms with van der Waals surface area (Å²) in [5.41, 5.74) is 9.32. The number of hydrogen-bond donors (Lipinski definition) is 1. The summed E-state index contributed by atoms with van der Waals surface area (Å²) in [5.74, 6) is 0. The predicted molar refractivity (Wildman–Crippen MR) is 84.1 cm³/mol. The quantitative estimate of drug-likeness (QED) is 0.801.